The minimum absolute atomic E-state index is 0.330. The molecule has 0 fully saturated rings. The minimum atomic E-state index is -0.359. The van der Waals surface area contributed by atoms with Gasteiger partial charge < -0.3 is 14.1 Å². The van der Waals surface area contributed by atoms with Crippen LogP contribution in [0.25, 0.3) is 0 Å². The first-order valence-corrected chi connectivity index (χ1v) is 7.00. The van der Waals surface area contributed by atoms with Crippen LogP contribution >= 0.6 is 0 Å². The number of benzene rings is 1. The Kier molecular flexibility index (Phi) is 6.09. The second-order valence-corrected chi connectivity index (χ2v) is 5.90. The van der Waals surface area contributed by atoms with E-state index in [1.807, 2.05) is 47.3 Å². The van der Waals surface area contributed by atoms with Crippen molar-refractivity contribution in [3.8, 4) is 5.75 Å². The molecule has 0 spiro atoms. The van der Waals surface area contributed by atoms with Crippen molar-refractivity contribution in [1.82, 2.24) is 0 Å². The lowest BCUT2D eigenvalue weighted by molar-refractivity contribution is -0.115. The van der Waals surface area contributed by atoms with Gasteiger partial charge in [-0.2, -0.15) is 0 Å². The lowest BCUT2D eigenvalue weighted by atomic mass is 9.83. The summed E-state index contributed by atoms with van der Waals surface area (Å²) in [6, 6.07) is 8.12. The van der Waals surface area contributed by atoms with Crippen LogP contribution in [0.3, 0.4) is 0 Å². The Bertz CT molecular complexity index is 399. The number of methoxy groups -OCH3 is 2. The van der Waals surface area contributed by atoms with E-state index in [0.29, 0.717) is 0 Å². The van der Waals surface area contributed by atoms with Crippen LogP contribution in [0.1, 0.15) is 33.3 Å². The van der Waals surface area contributed by atoms with Gasteiger partial charge in [0.1, 0.15) is 5.75 Å². The first-order valence-electron chi connectivity index (χ1n) is 7.00. The van der Waals surface area contributed by atoms with Gasteiger partial charge in [-0.05, 0) is 58.1 Å². The van der Waals surface area contributed by atoms with Crippen LogP contribution in [-0.2, 0) is 15.8 Å². The molecule has 0 unspecified atom stereocenters. The Labute approximate surface area is 123 Å². The zero-order valence-electron chi connectivity index (χ0n) is 13.5. The lowest BCUT2D eigenvalue weighted by Gasteiger charge is -2.40. The highest BCUT2D eigenvalue weighted by molar-refractivity contribution is 6.27. The summed E-state index contributed by atoms with van der Waals surface area (Å²) in [5, 5.41) is 0. The molecule has 0 aliphatic rings. The lowest BCUT2D eigenvalue weighted by Crippen LogP contribution is -2.49. The molecule has 1 aromatic carbocycles. The van der Waals surface area contributed by atoms with Gasteiger partial charge in [-0.15, -0.1) is 0 Å². The molecule has 3 nitrogen and oxygen atoms in total. The Morgan fingerprint density at radius 2 is 1.55 bits per heavy atom. The number of ether oxygens (including phenoxy) is 2. The highest BCUT2D eigenvalue weighted by Crippen LogP contribution is 2.28. The molecule has 111 valence electrons. The minimum Gasteiger partial charge on any atom is -0.497 e. The van der Waals surface area contributed by atoms with Gasteiger partial charge in [-0.1, -0.05) is 12.1 Å². The van der Waals surface area contributed by atoms with Crippen LogP contribution in [-0.4, -0.2) is 32.9 Å². The van der Waals surface area contributed by atoms with Gasteiger partial charge in [0.15, 0.2) is 0 Å². The molecule has 20 heavy (non-hydrogen) atoms. The molecule has 1 radical (unpaired) electrons. The molecule has 4 heteroatoms. The first-order chi connectivity index (χ1) is 9.32. The van der Waals surface area contributed by atoms with Crippen LogP contribution in [0.2, 0.25) is 6.32 Å². The van der Waals surface area contributed by atoms with E-state index in [-0.39, 0.29) is 11.2 Å². The van der Waals surface area contributed by atoms with Crippen LogP contribution in [0.5, 0.6) is 5.75 Å². The molecular weight excluding hydrogens is 251 g/mol. The third-order valence-corrected chi connectivity index (χ3v) is 4.05. The molecule has 0 aliphatic carbocycles. The molecule has 0 aromatic heterocycles. The molecule has 0 bridgehead atoms. The van der Waals surface area contributed by atoms with Gasteiger partial charge in [-0.25, -0.2) is 0 Å². The van der Waals surface area contributed by atoms with Crippen molar-refractivity contribution in [3.63, 3.8) is 0 Å². The second kappa shape index (κ2) is 7.14. The van der Waals surface area contributed by atoms with Crippen LogP contribution < -0.4 is 4.74 Å². The third kappa shape index (κ3) is 4.53. The maximum Gasteiger partial charge on any atom is 0.293 e. The SMILES string of the molecule is COc1ccc(CC[B]OC(C)(C)C(C)(C)OC)cc1. The third-order valence-electron chi connectivity index (χ3n) is 4.05. The smallest absolute Gasteiger partial charge is 0.293 e. The van der Waals surface area contributed by atoms with E-state index < -0.39 is 0 Å². The summed E-state index contributed by atoms with van der Waals surface area (Å²) in [5.41, 5.74) is 0.583. The predicted octanol–water partition coefficient (Wildman–Crippen LogP) is 3.50. The Morgan fingerprint density at radius 3 is 2.05 bits per heavy atom. The zero-order valence-corrected chi connectivity index (χ0v) is 13.5. The molecule has 0 amide bonds. The fourth-order valence-electron chi connectivity index (χ4n) is 1.67. The zero-order chi connectivity index (χ0) is 15.2. The van der Waals surface area contributed by atoms with Crippen LogP contribution in [0.4, 0.5) is 0 Å². The van der Waals surface area contributed by atoms with Crippen molar-refractivity contribution >= 4 is 7.48 Å². The summed E-state index contributed by atoms with van der Waals surface area (Å²) >= 11 is 0. The van der Waals surface area contributed by atoms with Gasteiger partial charge in [0.2, 0.25) is 0 Å². The number of hydrogen-bond acceptors (Lipinski definition) is 3. The van der Waals surface area contributed by atoms with Crippen LogP contribution in [0.15, 0.2) is 24.3 Å². The summed E-state index contributed by atoms with van der Waals surface area (Å²) < 4.78 is 16.5. The molecule has 0 atom stereocenters. The quantitative estimate of drug-likeness (QED) is 0.537. The second-order valence-electron chi connectivity index (χ2n) is 5.90. The monoisotopic (exact) mass is 277 g/mol. The van der Waals surface area contributed by atoms with Gasteiger partial charge in [0.25, 0.3) is 7.48 Å². The summed E-state index contributed by atoms with van der Waals surface area (Å²) in [6.45, 7) is 8.15. The van der Waals surface area contributed by atoms with Gasteiger partial charge in [0, 0.05) is 7.11 Å². The fourth-order valence-corrected chi connectivity index (χ4v) is 1.67. The van der Waals surface area contributed by atoms with E-state index in [9.17, 15) is 0 Å². The molecule has 1 rings (SSSR count). The molecule has 0 saturated heterocycles. The summed E-state index contributed by atoms with van der Waals surface area (Å²) in [5.74, 6) is 0.886. The van der Waals surface area contributed by atoms with Crippen LogP contribution in [0, 0.1) is 0 Å². The standard InChI is InChI=1S/C16H26BO3/c1-15(2,19-6)16(3,4)20-17-12-11-13-7-9-14(18-5)10-8-13/h7-10H,11-12H2,1-6H3. The highest BCUT2D eigenvalue weighted by Gasteiger charge is 2.37. The Balaban J connectivity index is 2.37. The van der Waals surface area contributed by atoms with E-state index in [2.05, 4.69) is 12.1 Å². The maximum atomic E-state index is 5.88. The first kappa shape index (κ1) is 17.1. The summed E-state index contributed by atoms with van der Waals surface area (Å²) in [7, 11) is 5.27. The van der Waals surface area contributed by atoms with Crippen molar-refractivity contribution in [2.24, 2.45) is 0 Å². The van der Waals surface area contributed by atoms with E-state index in [4.69, 9.17) is 14.1 Å². The molecule has 0 heterocycles. The molecule has 0 saturated carbocycles. The van der Waals surface area contributed by atoms with Crippen molar-refractivity contribution in [3.05, 3.63) is 29.8 Å². The van der Waals surface area contributed by atoms with Gasteiger partial charge in [-0.3, -0.25) is 0 Å². The molecular formula is C16H26BO3. The normalized spacial score (nSPS) is 12.3. The van der Waals surface area contributed by atoms with Gasteiger partial charge >= 0.3 is 0 Å². The fraction of sp³-hybridized carbons (Fsp3) is 0.625. The average Bonchev–Trinajstić information content (AvgIpc) is 2.44. The predicted molar refractivity (Wildman–Crippen MR) is 83.5 cm³/mol. The largest absolute Gasteiger partial charge is 0.497 e. The number of hydrogen-bond donors (Lipinski definition) is 0. The number of aryl methyl sites for hydroxylation is 1. The molecule has 1 aromatic rings. The van der Waals surface area contributed by atoms with Crippen molar-refractivity contribution in [2.45, 2.75) is 51.6 Å². The summed E-state index contributed by atoms with van der Waals surface area (Å²) in [4.78, 5) is 0. The van der Waals surface area contributed by atoms with E-state index in [1.165, 1.54) is 5.56 Å². The molecule has 0 aliphatic heterocycles. The average molecular weight is 277 g/mol. The van der Waals surface area contributed by atoms with Crippen molar-refractivity contribution in [1.29, 1.82) is 0 Å². The van der Waals surface area contributed by atoms with Crippen molar-refractivity contribution < 1.29 is 14.1 Å². The van der Waals surface area contributed by atoms with Gasteiger partial charge in [0.05, 0.1) is 18.3 Å². The van der Waals surface area contributed by atoms with E-state index in [1.54, 1.807) is 14.2 Å². The highest BCUT2D eigenvalue weighted by atomic mass is 16.5. The van der Waals surface area contributed by atoms with Crippen molar-refractivity contribution in [2.75, 3.05) is 14.2 Å². The Hall–Kier alpha value is -0.995. The molecule has 0 N–H and O–H groups in total. The number of rotatable bonds is 8. The summed E-state index contributed by atoms with van der Waals surface area (Å²) in [6.07, 6.45) is 1.82. The van der Waals surface area contributed by atoms with E-state index >= 15 is 0 Å². The Morgan fingerprint density at radius 1 is 0.950 bits per heavy atom. The topological polar surface area (TPSA) is 27.7 Å². The van der Waals surface area contributed by atoms with E-state index in [0.717, 1.165) is 18.5 Å². The maximum absolute atomic E-state index is 5.88.